The Hall–Kier alpha value is -2.39. The van der Waals surface area contributed by atoms with Crippen molar-refractivity contribution in [1.29, 1.82) is 0 Å². The second-order valence-corrected chi connectivity index (χ2v) is 7.50. The number of hydrogen-bond donors (Lipinski definition) is 1. The molecule has 1 N–H and O–H groups in total. The summed E-state index contributed by atoms with van der Waals surface area (Å²) in [6.45, 7) is -1.17. The standard InChI is InChI=1S/C17H15F2N3O3S/c1-9-8-10(2-3-11(9)17(5-6-17)26(23)24)14-13-12(4-7-20-14)21-22-15(13)25-16(18)19/h2-4,7-8,16H,5-6H2,1H3,(H,21,22)(H,23,24)/p-1. The molecule has 0 bridgehead atoms. The zero-order chi connectivity index (χ0) is 18.5. The van der Waals surface area contributed by atoms with Crippen LogP contribution in [0.1, 0.15) is 24.0 Å². The molecule has 0 spiro atoms. The van der Waals surface area contributed by atoms with Gasteiger partial charge >= 0.3 is 6.61 Å². The van der Waals surface area contributed by atoms with Crippen LogP contribution in [0.15, 0.2) is 30.5 Å². The SMILES string of the molecule is Cc1cc(-c2nccc3[nH]nc(OC(F)F)c23)ccc1C1(S(=O)[O-])CC1. The van der Waals surface area contributed by atoms with E-state index < -0.39 is 22.4 Å². The van der Waals surface area contributed by atoms with Crippen molar-refractivity contribution in [3.8, 4) is 17.1 Å². The van der Waals surface area contributed by atoms with E-state index in [2.05, 4.69) is 19.9 Å². The molecule has 1 atom stereocenters. The van der Waals surface area contributed by atoms with Gasteiger partial charge in [-0.2, -0.15) is 8.78 Å². The Balaban J connectivity index is 1.82. The maximum atomic E-state index is 12.6. The lowest BCUT2D eigenvalue weighted by Gasteiger charge is -2.21. The van der Waals surface area contributed by atoms with Crippen LogP contribution in [0.5, 0.6) is 5.88 Å². The van der Waals surface area contributed by atoms with Gasteiger partial charge in [0, 0.05) is 11.8 Å². The number of nitrogens with one attached hydrogen (secondary N) is 1. The molecule has 0 amide bonds. The van der Waals surface area contributed by atoms with Crippen molar-refractivity contribution >= 4 is 22.0 Å². The molecule has 2 aromatic heterocycles. The van der Waals surface area contributed by atoms with Crippen molar-refractivity contribution in [2.75, 3.05) is 0 Å². The number of nitrogens with zero attached hydrogens (tertiary/aromatic N) is 2. The zero-order valence-corrected chi connectivity index (χ0v) is 14.5. The number of fused-ring (bicyclic) bond motifs is 1. The summed E-state index contributed by atoms with van der Waals surface area (Å²) < 4.78 is 52.1. The van der Waals surface area contributed by atoms with Gasteiger partial charge in [0.1, 0.15) is 0 Å². The lowest BCUT2D eigenvalue weighted by atomic mass is 9.98. The molecule has 2 heterocycles. The molecule has 0 saturated heterocycles. The highest BCUT2D eigenvalue weighted by molar-refractivity contribution is 7.80. The molecule has 0 aliphatic heterocycles. The van der Waals surface area contributed by atoms with E-state index in [-0.39, 0.29) is 5.88 Å². The Bertz CT molecular complexity index is 1020. The van der Waals surface area contributed by atoms with Crippen molar-refractivity contribution in [2.24, 2.45) is 0 Å². The Kier molecular flexibility index (Phi) is 4.00. The van der Waals surface area contributed by atoms with Crippen LogP contribution in [0, 0.1) is 6.92 Å². The number of hydrogen-bond acceptors (Lipinski definition) is 5. The fourth-order valence-corrected chi connectivity index (χ4v) is 4.13. The molecule has 3 aromatic rings. The second kappa shape index (κ2) is 6.10. The third-order valence-electron chi connectivity index (χ3n) is 4.66. The summed E-state index contributed by atoms with van der Waals surface area (Å²) in [6, 6.07) is 6.94. The topological polar surface area (TPSA) is 90.9 Å². The number of halogens is 2. The van der Waals surface area contributed by atoms with Gasteiger partial charge in [-0.05, 0) is 54.1 Å². The van der Waals surface area contributed by atoms with E-state index in [4.69, 9.17) is 0 Å². The normalized spacial score (nSPS) is 16.8. The van der Waals surface area contributed by atoms with Gasteiger partial charge in [0.05, 0.1) is 21.3 Å². The minimum atomic E-state index is -3.00. The number of aryl methyl sites for hydroxylation is 1. The number of ether oxygens (including phenoxy) is 1. The summed E-state index contributed by atoms with van der Waals surface area (Å²) >= 11 is -2.19. The van der Waals surface area contributed by atoms with Gasteiger partial charge in [-0.1, -0.05) is 12.1 Å². The van der Waals surface area contributed by atoms with E-state index in [1.165, 1.54) is 0 Å². The molecule has 136 valence electrons. The maximum Gasteiger partial charge on any atom is 0.388 e. The van der Waals surface area contributed by atoms with Crippen molar-refractivity contribution in [3.05, 3.63) is 41.6 Å². The third kappa shape index (κ3) is 2.67. The summed E-state index contributed by atoms with van der Waals surface area (Å²) in [5.41, 5.74) is 3.20. The van der Waals surface area contributed by atoms with Gasteiger partial charge in [-0.25, -0.2) is 0 Å². The van der Waals surface area contributed by atoms with Gasteiger partial charge in [-0.3, -0.25) is 14.3 Å². The number of pyridine rings is 1. The quantitative estimate of drug-likeness (QED) is 0.687. The summed E-state index contributed by atoms with van der Waals surface area (Å²) in [4.78, 5) is 4.29. The second-order valence-electron chi connectivity index (χ2n) is 6.25. The van der Waals surface area contributed by atoms with Gasteiger partial charge in [0.25, 0.3) is 0 Å². The van der Waals surface area contributed by atoms with Crippen LogP contribution >= 0.6 is 0 Å². The number of aromatic nitrogens is 3. The first-order valence-electron chi connectivity index (χ1n) is 7.91. The monoisotopic (exact) mass is 378 g/mol. The van der Waals surface area contributed by atoms with Crippen molar-refractivity contribution in [3.63, 3.8) is 0 Å². The van der Waals surface area contributed by atoms with E-state index in [1.54, 1.807) is 24.4 Å². The van der Waals surface area contributed by atoms with E-state index in [0.29, 0.717) is 35.0 Å². The Morgan fingerprint density at radius 3 is 2.73 bits per heavy atom. The highest BCUT2D eigenvalue weighted by Gasteiger charge is 2.46. The first-order valence-corrected chi connectivity index (χ1v) is 8.98. The Morgan fingerprint density at radius 1 is 1.35 bits per heavy atom. The zero-order valence-electron chi connectivity index (χ0n) is 13.7. The molecule has 9 heteroatoms. The van der Waals surface area contributed by atoms with Crippen LogP contribution in [0.4, 0.5) is 8.78 Å². The lowest BCUT2D eigenvalue weighted by Crippen LogP contribution is -2.15. The lowest BCUT2D eigenvalue weighted by molar-refractivity contribution is -0.0518. The van der Waals surface area contributed by atoms with Crippen molar-refractivity contribution in [1.82, 2.24) is 15.2 Å². The fraction of sp³-hybridized carbons (Fsp3) is 0.294. The molecule has 26 heavy (non-hydrogen) atoms. The first-order chi connectivity index (χ1) is 12.4. The van der Waals surface area contributed by atoms with E-state index in [9.17, 15) is 17.5 Å². The highest BCUT2D eigenvalue weighted by Crippen LogP contribution is 2.52. The van der Waals surface area contributed by atoms with Gasteiger partial charge in [0.2, 0.25) is 5.88 Å². The van der Waals surface area contributed by atoms with E-state index >= 15 is 0 Å². The Labute approximate surface area is 149 Å². The van der Waals surface area contributed by atoms with Gasteiger partial charge in [-0.15, -0.1) is 5.10 Å². The van der Waals surface area contributed by atoms with Crippen LogP contribution in [0.3, 0.4) is 0 Å². The minimum absolute atomic E-state index is 0.223. The number of aromatic amines is 1. The van der Waals surface area contributed by atoms with Gasteiger partial charge in [0.15, 0.2) is 0 Å². The predicted molar refractivity (Wildman–Crippen MR) is 90.5 cm³/mol. The fourth-order valence-electron chi connectivity index (χ4n) is 3.29. The van der Waals surface area contributed by atoms with Crippen LogP contribution in [0.2, 0.25) is 0 Å². The largest absolute Gasteiger partial charge is 0.772 e. The minimum Gasteiger partial charge on any atom is -0.772 e. The first kappa shape index (κ1) is 17.0. The third-order valence-corrected chi connectivity index (χ3v) is 5.92. The molecule has 1 aliphatic carbocycles. The summed E-state index contributed by atoms with van der Waals surface area (Å²) in [7, 11) is 0. The molecule has 1 unspecified atom stereocenters. The molecule has 1 fully saturated rings. The summed E-state index contributed by atoms with van der Waals surface area (Å²) in [5, 5.41) is 6.79. The molecule has 6 nitrogen and oxygen atoms in total. The molecule has 1 aliphatic rings. The summed E-state index contributed by atoms with van der Waals surface area (Å²) in [5.74, 6) is -0.223. The summed E-state index contributed by atoms with van der Waals surface area (Å²) in [6.07, 6.45) is 2.75. The maximum absolute atomic E-state index is 12.6. The van der Waals surface area contributed by atoms with Crippen LogP contribution in [0.25, 0.3) is 22.2 Å². The van der Waals surface area contributed by atoms with E-state index in [1.807, 2.05) is 13.0 Å². The molecular formula is C17H14F2N3O3S-. The average molecular weight is 378 g/mol. The smallest absolute Gasteiger partial charge is 0.388 e. The van der Waals surface area contributed by atoms with Crippen LogP contribution < -0.4 is 4.74 Å². The highest BCUT2D eigenvalue weighted by atomic mass is 32.2. The Morgan fingerprint density at radius 2 is 2.12 bits per heavy atom. The molecule has 1 saturated carbocycles. The average Bonchev–Trinajstić information content (AvgIpc) is 3.31. The molecular weight excluding hydrogens is 364 g/mol. The number of alkyl halides is 2. The molecule has 0 radical (unpaired) electrons. The van der Waals surface area contributed by atoms with Gasteiger partial charge < -0.3 is 9.29 Å². The number of rotatable bonds is 5. The molecule has 4 rings (SSSR count). The molecule has 1 aromatic carbocycles. The van der Waals surface area contributed by atoms with E-state index in [0.717, 1.165) is 11.1 Å². The number of H-pyrrole nitrogens is 1. The van der Waals surface area contributed by atoms with Crippen LogP contribution in [-0.4, -0.2) is 30.6 Å². The van der Waals surface area contributed by atoms with Crippen LogP contribution in [-0.2, 0) is 15.8 Å². The van der Waals surface area contributed by atoms with Crippen molar-refractivity contribution in [2.45, 2.75) is 31.1 Å². The van der Waals surface area contributed by atoms with Crippen molar-refractivity contribution < 1.29 is 22.3 Å². The predicted octanol–water partition coefficient (Wildman–Crippen LogP) is 3.40. The number of benzene rings is 1.